The average molecular weight is 240 g/mol. The Morgan fingerprint density at radius 2 is 1.89 bits per heavy atom. The molecule has 0 saturated heterocycles. The van der Waals surface area contributed by atoms with Gasteiger partial charge in [-0.15, -0.1) is 0 Å². The molecule has 1 aliphatic rings. The minimum atomic E-state index is -0.575. The van der Waals surface area contributed by atoms with Crippen LogP contribution in [0.4, 0.5) is 5.69 Å². The van der Waals surface area contributed by atoms with Crippen LogP contribution in [0.2, 0.25) is 0 Å². The molecular formula is C15H16N2O. The van der Waals surface area contributed by atoms with Crippen molar-refractivity contribution in [1.29, 1.82) is 0 Å². The fraction of sp³-hybridized carbons (Fsp3) is 0.267. The van der Waals surface area contributed by atoms with Gasteiger partial charge in [0.15, 0.2) is 0 Å². The first-order chi connectivity index (χ1) is 8.74. The minimum Gasteiger partial charge on any atom is -0.398 e. The molecule has 3 rings (SSSR count). The van der Waals surface area contributed by atoms with Crippen LogP contribution >= 0.6 is 0 Å². The number of nitrogen functional groups attached to an aromatic ring is 1. The molecule has 0 amide bonds. The molecule has 1 heterocycles. The normalized spacial score (nSPS) is 18.3. The second-order valence-corrected chi connectivity index (χ2v) is 4.93. The molecule has 2 aromatic rings. The van der Waals surface area contributed by atoms with Gasteiger partial charge in [0, 0.05) is 29.1 Å². The van der Waals surface area contributed by atoms with Crippen LogP contribution in [0.15, 0.2) is 48.8 Å². The van der Waals surface area contributed by atoms with Crippen molar-refractivity contribution >= 4 is 5.69 Å². The summed E-state index contributed by atoms with van der Waals surface area (Å²) in [6.07, 6.45) is 4.73. The zero-order valence-electron chi connectivity index (χ0n) is 10.1. The number of anilines is 1. The molecule has 3 nitrogen and oxygen atoms in total. The van der Waals surface area contributed by atoms with Crippen molar-refractivity contribution < 1.29 is 5.11 Å². The summed E-state index contributed by atoms with van der Waals surface area (Å²) >= 11 is 0. The number of aromatic nitrogens is 1. The molecule has 3 heteroatoms. The maximum absolute atomic E-state index is 10.6. The lowest BCUT2D eigenvalue weighted by molar-refractivity contribution is 0.133. The number of benzene rings is 1. The van der Waals surface area contributed by atoms with Gasteiger partial charge < -0.3 is 10.8 Å². The van der Waals surface area contributed by atoms with Crippen LogP contribution in [-0.2, 0) is 5.41 Å². The highest BCUT2D eigenvalue weighted by molar-refractivity contribution is 5.49. The summed E-state index contributed by atoms with van der Waals surface area (Å²) in [5.74, 6) is 0. The van der Waals surface area contributed by atoms with E-state index in [1.54, 1.807) is 18.5 Å². The predicted octanol–water partition coefficient (Wildman–Crippen LogP) is 2.43. The molecule has 0 radical (unpaired) electrons. The van der Waals surface area contributed by atoms with Crippen molar-refractivity contribution in [3.05, 3.63) is 59.9 Å². The molecule has 3 N–H and O–H groups in total. The molecule has 1 unspecified atom stereocenters. The summed E-state index contributed by atoms with van der Waals surface area (Å²) in [5.41, 5.74) is 8.28. The third-order valence-electron chi connectivity index (χ3n) is 3.84. The Bertz CT molecular complexity index is 549. The Balaban J connectivity index is 1.98. The van der Waals surface area contributed by atoms with E-state index in [0.717, 1.165) is 18.4 Å². The van der Waals surface area contributed by atoms with Gasteiger partial charge >= 0.3 is 0 Å². The third kappa shape index (κ3) is 1.68. The molecule has 0 spiro atoms. The summed E-state index contributed by atoms with van der Waals surface area (Å²) in [5, 5.41) is 10.6. The van der Waals surface area contributed by atoms with Gasteiger partial charge in [0.1, 0.15) is 0 Å². The molecule has 18 heavy (non-hydrogen) atoms. The number of hydrogen-bond acceptors (Lipinski definition) is 3. The van der Waals surface area contributed by atoms with Crippen molar-refractivity contribution in [3.63, 3.8) is 0 Å². The van der Waals surface area contributed by atoms with Crippen LogP contribution in [-0.4, -0.2) is 10.1 Å². The van der Waals surface area contributed by atoms with Crippen molar-refractivity contribution in [1.82, 2.24) is 4.98 Å². The largest absolute Gasteiger partial charge is 0.398 e. The first kappa shape index (κ1) is 11.2. The highest BCUT2D eigenvalue weighted by atomic mass is 16.3. The topological polar surface area (TPSA) is 59.1 Å². The quantitative estimate of drug-likeness (QED) is 0.866. The molecule has 1 fully saturated rings. The standard InChI is InChI=1S/C15H16N2O/c16-13-6-9-17-10-12(13)14(18)15(7-8-15)11-4-2-1-3-5-11/h1-6,9-10,14,18H,7-8H2,(H2,16,17). The van der Waals surface area contributed by atoms with Crippen LogP contribution in [0.25, 0.3) is 0 Å². The summed E-state index contributed by atoms with van der Waals surface area (Å²) in [4.78, 5) is 4.06. The molecule has 1 aliphatic carbocycles. The molecule has 0 bridgehead atoms. The highest BCUT2D eigenvalue weighted by Gasteiger charge is 2.51. The fourth-order valence-corrected chi connectivity index (χ4v) is 2.57. The molecule has 0 aliphatic heterocycles. The van der Waals surface area contributed by atoms with Crippen LogP contribution in [0.3, 0.4) is 0 Å². The summed E-state index contributed by atoms with van der Waals surface area (Å²) in [6, 6.07) is 11.9. The highest BCUT2D eigenvalue weighted by Crippen LogP contribution is 2.56. The van der Waals surface area contributed by atoms with Gasteiger partial charge in [0.2, 0.25) is 0 Å². The molecule has 1 aromatic carbocycles. The van der Waals surface area contributed by atoms with Gasteiger partial charge in [-0.3, -0.25) is 4.98 Å². The van der Waals surface area contributed by atoms with Crippen LogP contribution in [0.5, 0.6) is 0 Å². The Morgan fingerprint density at radius 3 is 2.50 bits per heavy atom. The average Bonchev–Trinajstić information content (AvgIpc) is 3.21. The van der Waals surface area contributed by atoms with Crippen molar-refractivity contribution in [2.75, 3.05) is 5.73 Å². The Labute approximate surface area is 106 Å². The smallest absolute Gasteiger partial charge is 0.0921 e. The monoisotopic (exact) mass is 240 g/mol. The van der Waals surface area contributed by atoms with Crippen molar-refractivity contribution in [2.45, 2.75) is 24.4 Å². The van der Waals surface area contributed by atoms with E-state index in [2.05, 4.69) is 17.1 Å². The molecule has 1 aromatic heterocycles. The number of aliphatic hydroxyl groups excluding tert-OH is 1. The number of nitrogens with two attached hydrogens (primary N) is 1. The minimum absolute atomic E-state index is 0.168. The number of rotatable bonds is 3. The maximum atomic E-state index is 10.6. The van der Waals surface area contributed by atoms with E-state index in [1.165, 1.54) is 5.56 Å². The van der Waals surface area contributed by atoms with E-state index in [-0.39, 0.29) is 5.41 Å². The van der Waals surface area contributed by atoms with E-state index >= 15 is 0 Å². The second kappa shape index (κ2) is 4.10. The van der Waals surface area contributed by atoms with Gasteiger partial charge in [-0.25, -0.2) is 0 Å². The lowest BCUT2D eigenvalue weighted by atomic mass is 9.86. The SMILES string of the molecule is Nc1ccncc1C(O)C1(c2ccccc2)CC1. The lowest BCUT2D eigenvalue weighted by Crippen LogP contribution is -2.19. The summed E-state index contributed by atoms with van der Waals surface area (Å²) in [6.45, 7) is 0. The second-order valence-electron chi connectivity index (χ2n) is 4.93. The van der Waals surface area contributed by atoms with Crippen LogP contribution < -0.4 is 5.73 Å². The van der Waals surface area contributed by atoms with E-state index < -0.39 is 6.10 Å². The number of hydrogen-bond donors (Lipinski definition) is 2. The van der Waals surface area contributed by atoms with Crippen LogP contribution in [0.1, 0.15) is 30.1 Å². The maximum Gasteiger partial charge on any atom is 0.0921 e. The lowest BCUT2D eigenvalue weighted by Gasteiger charge is -2.23. The number of aliphatic hydroxyl groups is 1. The summed E-state index contributed by atoms with van der Waals surface area (Å²) < 4.78 is 0. The Morgan fingerprint density at radius 1 is 1.17 bits per heavy atom. The molecule has 1 saturated carbocycles. The fourth-order valence-electron chi connectivity index (χ4n) is 2.57. The molecule has 92 valence electrons. The number of pyridine rings is 1. The van der Waals surface area contributed by atoms with Crippen molar-refractivity contribution in [3.8, 4) is 0 Å². The zero-order chi connectivity index (χ0) is 12.6. The molecule has 1 atom stereocenters. The first-order valence-corrected chi connectivity index (χ1v) is 6.17. The molecular weight excluding hydrogens is 224 g/mol. The predicted molar refractivity (Wildman–Crippen MR) is 71.0 cm³/mol. The number of nitrogens with zero attached hydrogens (tertiary/aromatic N) is 1. The Hall–Kier alpha value is -1.87. The van der Waals surface area contributed by atoms with E-state index in [1.807, 2.05) is 18.2 Å². The van der Waals surface area contributed by atoms with Gasteiger partial charge in [-0.2, -0.15) is 0 Å². The van der Waals surface area contributed by atoms with Gasteiger partial charge in [-0.1, -0.05) is 30.3 Å². The first-order valence-electron chi connectivity index (χ1n) is 6.17. The van der Waals surface area contributed by atoms with Gasteiger partial charge in [-0.05, 0) is 24.5 Å². The van der Waals surface area contributed by atoms with Crippen molar-refractivity contribution in [2.24, 2.45) is 0 Å². The third-order valence-corrected chi connectivity index (χ3v) is 3.84. The van der Waals surface area contributed by atoms with Crippen LogP contribution in [0, 0.1) is 0 Å². The van der Waals surface area contributed by atoms with Gasteiger partial charge in [0.25, 0.3) is 0 Å². The zero-order valence-corrected chi connectivity index (χ0v) is 10.1. The summed E-state index contributed by atoms with van der Waals surface area (Å²) in [7, 11) is 0. The van der Waals surface area contributed by atoms with E-state index in [9.17, 15) is 5.11 Å². The van der Waals surface area contributed by atoms with Gasteiger partial charge in [0.05, 0.1) is 6.10 Å². The van der Waals surface area contributed by atoms with E-state index in [0.29, 0.717) is 5.69 Å². The Kier molecular flexibility index (Phi) is 2.56. The van der Waals surface area contributed by atoms with E-state index in [4.69, 9.17) is 5.73 Å².